The van der Waals surface area contributed by atoms with Crippen LogP contribution in [0.2, 0.25) is 0 Å². The molecule has 0 saturated heterocycles. The molecule has 2 aromatic carbocycles. The summed E-state index contributed by atoms with van der Waals surface area (Å²) in [5.41, 5.74) is 2.07. The molecule has 0 spiro atoms. The van der Waals surface area contributed by atoms with Crippen molar-refractivity contribution in [1.29, 1.82) is 0 Å². The first kappa shape index (κ1) is 21.9. The molecular formula is C23H25N3O5. The van der Waals surface area contributed by atoms with Crippen molar-refractivity contribution in [3.05, 3.63) is 72.1 Å². The Hall–Kier alpha value is -3.81. The van der Waals surface area contributed by atoms with Crippen molar-refractivity contribution in [3.8, 4) is 17.2 Å². The fourth-order valence-electron chi connectivity index (χ4n) is 3.05. The van der Waals surface area contributed by atoms with E-state index in [9.17, 15) is 9.59 Å². The summed E-state index contributed by atoms with van der Waals surface area (Å²) >= 11 is 0. The molecule has 0 aliphatic rings. The second kappa shape index (κ2) is 10.3. The lowest BCUT2D eigenvalue weighted by molar-refractivity contribution is -0.134. The van der Waals surface area contributed by atoms with Crippen LogP contribution in [0.15, 0.2) is 60.9 Å². The number of nitrogens with zero attached hydrogens (tertiary/aromatic N) is 3. The Kier molecular flexibility index (Phi) is 7.26. The predicted molar refractivity (Wildman–Crippen MR) is 114 cm³/mol. The van der Waals surface area contributed by atoms with Crippen LogP contribution >= 0.6 is 0 Å². The number of benzene rings is 2. The van der Waals surface area contributed by atoms with Crippen LogP contribution in [0.3, 0.4) is 0 Å². The first-order valence-corrected chi connectivity index (χ1v) is 9.81. The number of hydrogen-bond acceptors (Lipinski definition) is 6. The Bertz CT molecular complexity index is 1020. The fraction of sp³-hybridized carbons (Fsp3) is 0.261. The van der Waals surface area contributed by atoms with Crippen LogP contribution in [0.5, 0.6) is 11.5 Å². The van der Waals surface area contributed by atoms with Gasteiger partial charge in [-0.05, 0) is 55.0 Å². The van der Waals surface area contributed by atoms with Crippen LogP contribution in [-0.4, -0.2) is 53.9 Å². The Balaban J connectivity index is 1.57. The number of aromatic nitrogens is 2. The molecule has 0 bridgehead atoms. The number of carbonyl (C=O) groups excluding carboxylic acids is 2. The van der Waals surface area contributed by atoms with Crippen LogP contribution in [0, 0.1) is 0 Å². The fourth-order valence-corrected chi connectivity index (χ4v) is 3.05. The van der Waals surface area contributed by atoms with E-state index in [4.69, 9.17) is 14.2 Å². The maximum atomic E-state index is 12.6. The summed E-state index contributed by atoms with van der Waals surface area (Å²) in [5.74, 6) is 0.378. The molecule has 1 heterocycles. The molecule has 0 atom stereocenters. The Morgan fingerprint density at radius 2 is 1.77 bits per heavy atom. The summed E-state index contributed by atoms with van der Waals surface area (Å²) in [6.45, 7) is 2.38. The number of rotatable bonds is 9. The SMILES string of the molecule is CCN(Cc1ccc(OC)c(OC)c1)C(=O)COC(=O)c1ccc(-n2cccn2)cc1. The van der Waals surface area contributed by atoms with Crippen LogP contribution in [0.1, 0.15) is 22.8 Å². The number of amides is 1. The molecule has 1 amide bonds. The molecule has 162 valence electrons. The maximum Gasteiger partial charge on any atom is 0.338 e. The van der Waals surface area contributed by atoms with Crippen LogP contribution in [-0.2, 0) is 16.1 Å². The van der Waals surface area contributed by atoms with E-state index < -0.39 is 5.97 Å². The third kappa shape index (κ3) is 5.42. The molecule has 3 aromatic rings. The minimum absolute atomic E-state index is 0.279. The summed E-state index contributed by atoms with van der Waals surface area (Å²) in [6.07, 6.45) is 3.49. The number of likely N-dealkylation sites (N-methyl/N-ethyl adjacent to an activating group) is 1. The van der Waals surface area contributed by atoms with Gasteiger partial charge in [-0.25, -0.2) is 9.48 Å². The van der Waals surface area contributed by atoms with E-state index in [0.29, 0.717) is 30.2 Å². The van der Waals surface area contributed by atoms with Crippen molar-refractivity contribution in [2.75, 3.05) is 27.4 Å². The smallest absolute Gasteiger partial charge is 0.338 e. The van der Waals surface area contributed by atoms with Gasteiger partial charge in [0.05, 0.1) is 25.5 Å². The van der Waals surface area contributed by atoms with Crippen molar-refractivity contribution in [2.45, 2.75) is 13.5 Å². The Morgan fingerprint density at radius 3 is 2.39 bits per heavy atom. The van der Waals surface area contributed by atoms with E-state index in [1.165, 1.54) is 0 Å². The number of hydrogen-bond donors (Lipinski definition) is 0. The zero-order chi connectivity index (χ0) is 22.2. The molecule has 0 fully saturated rings. The van der Waals surface area contributed by atoms with Gasteiger partial charge in [-0.3, -0.25) is 4.79 Å². The third-order valence-corrected chi connectivity index (χ3v) is 4.75. The van der Waals surface area contributed by atoms with Crippen LogP contribution in [0.4, 0.5) is 0 Å². The topological polar surface area (TPSA) is 82.9 Å². The maximum absolute atomic E-state index is 12.6. The molecule has 0 aliphatic heterocycles. The second-order valence-electron chi connectivity index (χ2n) is 6.67. The van der Waals surface area contributed by atoms with E-state index in [-0.39, 0.29) is 12.5 Å². The summed E-state index contributed by atoms with van der Waals surface area (Å²) < 4.78 is 17.5. The molecule has 0 unspecified atom stereocenters. The largest absolute Gasteiger partial charge is 0.493 e. The van der Waals surface area contributed by atoms with E-state index in [2.05, 4.69) is 5.10 Å². The average Bonchev–Trinajstić information content (AvgIpc) is 3.35. The highest BCUT2D eigenvalue weighted by atomic mass is 16.5. The number of ether oxygens (including phenoxy) is 3. The molecule has 0 N–H and O–H groups in total. The van der Waals surface area contributed by atoms with E-state index >= 15 is 0 Å². The summed E-state index contributed by atoms with van der Waals surface area (Å²) in [5, 5.41) is 4.14. The lowest BCUT2D eigenvalue weighted by atomic mass is 10.2. The molecule has 31 heavy (non-hydrogen) atoms. The highest BCUT2D eigenvalue weighted by Crippen LogP contribution is 2.28. The van der Waals surface area contributed by atoms with E-state index in [0.717, 1.165) is 11.3 Å². The molecule has 0 aliphatic carbocycles. The highest BCUT2D eigenvalue weighted by molar-refractivity contribution is 5.91. The molecule has 3 rings (SSSR count). The van der Waals surface area contributed by atoms with Gasteiger partial charge in [-0.15, -0.1) is 0 Å². The van der Waals surface area contributed by atoms with Gasteiger partial charge in [0.25, 0.3) is 5.91 Å². The van der Waals surface area contributed by atoms with Gasteiger partial charge >= 0.3 is 5.97 Å². The normalized spacial score (nSPS) is 10.4. The molecule has 0 saturated carbocycles. The van der Waals surface area contributed by atoms with Gasteiger partial charge in [-0.2, -0.15) is 5.10 Å². The van der Waals surface area contributed by atoms with Crippen molar-refractivity contribution >= 4 is 11.9 Å². The molecule has 1 aromatic heterocycles. The van der Waals surface area contributed by atoms with Crippen molar-refractivity contribution in [3.63, 3.8) is 0 Å². The standard InChI is InChI=1S/C23H25N3O5/c1-4-25(15-17-6-11-20(29-2)21(14-17)30-3)22(27)16-31-23(28)18-7-9-19(10-8-18)26-13-5-12-24-26/h5-14H,4,15-16H2,1-3H3. The zero-order valence-corrected chi connectivity index (χ0v) is 17.8. The zero-order valence-electron chi connectivity index (χ0n) is 17.8. The summed E-state index contributed by atoms with van der Waals surface area (Å²) in [7, 11) is 3.13. The minimum Gasteiger partial charge on any atom is -0.493 e. The van der Waals surface area contributed by atoms with E-state index in [1.54, 1.807) is 60.3 Å². The summed E-state index contributed by atoms with van der Waals surface area (Å²) in [6, 6.07) is 14.1. The van der Waals surface area contributed by atoms with Gasteiger partial charge < -0.3 is 19.1 Å². The van der Waals surface area contributed by atoms with Crippen LogP contribution in [0.25, 0.3) is 5.69 Å². The molecular weight excluding hydrogens is 398 g/mol. The lowest BCUT2D eigenvalue weighted by Gasteiger charge is -2.21. The predicted octanol–water partition coefficient (Wildman–Crippen LogP) is 3.10. The number of carbonyl (C=O) groups is 2. The molecule has 8 nitrogen and oxygen atoms in total. The Labute approximate surface area is 180 Å². The van der Waals surface area contributed by atoms with Crippen molar-refractivity contribution < 1.29 is 23.8 Å². The molecule has 8 heteroatoms. The highest BCUT2D eigenvalue weighted by Gasteiger charge is 2.17. The average molecular weight is 423 g/mol. The van der Waals surface area contributed by atoms with Gasteiger partial charge in [0, 0.05) is 25.5 Å². The van der Waals surface area contributed by atoms with Gasteiger partial charge in [0.2, 0.25) is 0 Å². The third-order valence-electron chi connectivity index (χ3n) is 4.75. The quantitative estimate of drug-likeness (QED) is 0.492. The van der Waals surface area contributed by atoms with Crippen LogP contribution < -0.4 is 9.47 Å². The number of esters is 1. The monoisotopic (exact) mass is 423 g/mol. The minimum atomic E-state index is -0.553. The first-order valence-electron chi connectivity index (χ1n) is 9.81. The van der Waals surface area contributed by atoms with Gasteiger partial charge in [-0.1, -0.05) is 6.07 Å². The lowest BCUT2D eigenvalue weighted by Crippen LogP contribution is -2.34. The second-order valence-corrected chi connectivity index (χ2v) is 6.67. The van der Waals surface area contributed by atoms with Gasteiger partial charge in [0.15, 0.2) is 18.1 Å². The summed E-state index contributed by atoms with van der Waals surface area (Å²) in [4.78, 5) is 26.5. The molecule has 0 radical (unpaired) electrons. The first-order chi connectivity index (χ1) is 15.0. The van der Waals surface area contributed by atoms with E-state index in [1.807, 2.05) is 31.3 Å². The van der Waals surface area contributed by atoms with Crippen molar-refractivity contribution in [1.82, 2.24) is 14.7 Å². The van der Waals surface area contributed by atoms with Crippen molar-refractivity contribution in [2.24, 2.45) is 0 Å². The Morgan fingerprint density at radius 1 is 1.03 bits per heavy atom. The van der Waals surface area contributed by atoms with Gasteiger partial charge in [0.1, 0.15) is 0 Å². The number of methoxy groups -OCH3 is 2.